The number of carbonyl (C=O) groups is 9. The van der Waals surface area contributed by atoms with Crippen molar-refractivity contribution < 1.29 is 67.8 Å². The van der Waals surface area contributed by atoms with E-state index in [0.717, 1.165) is 4.90 Å². The molecule has 8 amide bonds. The number of rotatable bonds is 7. The summed E-state index contributed by atoms with van der Waals surface area (Å²) in [5.41, 5.74) is 0.560. The average molecular weight is 904 g/mol. The van der Waals surface area contributed by atoms with Crippen molar-refractivity contribution in [3.8, 4) is 0 Å². The molecule has 3 aliphatic heterocycles. The third kappa shape index (κ3) is 11.5. The highest BCUT2D eigenvalue weighted by Gasteiger charge is 2.45. The maximum atomic E-state index is 14.5. The van der Waals surface area contributed by atoms with Gasteiger partial charge in [0.05, 0.1) is 54.9 Å². The molecule has 1 aromatic heterocycles. The summed E-state index contributed by atoms with van der Waals surface area (Å²) in [6.07, 6.45) is -4.56. The lowest BCUT2D eigenvalue weighted by atomic mass is 9.93. The van der Waals surface area contributed by atoms with Crippen molar-refractivity contribution in [1.82, 2.24) is 47.1 Å². The number of nitrogens with zero attached hydrogens (tertiary/aromatic N) is 1. The molecule has 1 saturated heterocycles. The molecule has 11 atom stereocenters. The Morgan fingerprint density at radius 2 is 1.51 bits per heavy atom. The van der Waals surface area contributed by atoms with Crippen molar-refractivity contribution >= 4 is 74.9 Å². The highest BCUT2D eigenvalue weighted by atomic mass is 32.2. The number of fused-ring (bicyclic) bond motifs is 5. The molecule has 0 radical (unpaired) electrons. The minimum absolute atomic E-state index is 0.0825. The molecule has 0 spiro atoms. The first-order chi connectivity index (χ1) is 29.8. The second kappa shape index (κ2) is 20.9. The van der Waals surface area contributed by atoms with Crippen LogP contribution in [0.3, 0.4) is 0 Å². The van der Waals surface area contributed by atoms with Crippen LogP contribution in [0.15, 0.2) is 29.3 Å². The number of H-pyrrole nitrogens is 1. The summed E-state index contributed by atoms with van der Waals surface area (Å²) < 4.78 is 14.5. The third-order valence-corrected chi connectivity index (χ3v) is 12.9. The summed E-state index contributed by atoms with van der Waals surface area (Å²) in [5, 5.41) is 58.4. The van der Waals surface area contributed by atoms with Gasteiger partial charge in [0.2, 0.25) is 47.3 Å². The number of nitrogens with one attached hydrogen (secondary N) is 8. The summed E-state index contributed by atoms with van der Waals surface area (Å²) in [7, 11) is -2.32. The number of benzene rings is 1. The number of aliphatic carboxylic acids is 1. The number of aliphatic hydroxyl groups excluding tert-OH is 3. The first-order valence-corrected chi connectivity index (χ1v) is 21.7. The van der Waals surface area contributed by atoms with Gasteiger partial charge in [-0.15, -0.1) is 0 Å². The van der Waals surface area contributed by atoms with E-state index in [1.807, 2.05) is 0 Å². The lowest BCUT2D eigenvalue weighted by Gasteiger charge is -2.32. The Balaban J connectivity index is 1.72. The van der Waals surface area contributed by atoms with Crippen LogP contribution >= 0.6 is 0 Å². The summed E-state index contributed by atoms with van der Waals surface area (Å²) in [4.78, 5) is 127. The topological polar surface area (TPSA) is 355 Å². The van der Waals surface area contributed by atoms with Crippen molar-refractivity contribution in [2.45, 2.75) is 99.9 Å². The lowest BCUT2D eigenvalue weighted by molar-refractivity contribution is -0.146. The van der Waals surface area contributed by atoms with Gasteiger partial charge >= 0.3 is 5.97 Å². The van der Waals surface area contributed by atoms with Crippen LogP contribution in [0.25, 0.3) is 10.9 Å². The number of aliphatic hydroxyl groups is 3. The first-order valence-electron chi connectivity index (χ1n) is 20.4. The fourth-order valence-electron chi connectivity index (χ4n) is 7.63. The van der Waals surface area contributed by atoms with Crippen LogP contribution in [-0.4, -0.2) is 168 Å². The molecule has 2 bridgehead atoms. The molecule has 24 heteroatoms. The van der Waals surface area contributed by atoms with Crippen LogP contribution in [0.1, 0.15) is 45.6 Å². The fraction of sp³-hybridized carbons (Fsp3) is 0.564. The Bertz CT molecular complexity index is 2150. The van der Waals surface area contributed by atoms with Crippen LogP contribution < -0.4 is 37.2 Å². The van der Waals surface area contributed by atoms with E-state index in [9.17, 15) is 67.8 Å². The van der Waals surface area contributed by atoms with Crippen LogP contribution in [0.5, 0.6) is 0 Å². The molecule has 4 heterocycles. The number of aromatic nitrogens is 1. The fourth-order valence-corrected chi connectivity index (χ4v) is 9.03. The van der Waals surface area contributed by atoms with Crippen LogP contribution in [0, 0.1) is 11.8 Å². The molecule has 3 aliphatic rings. The highest BCUT2D eigenvalue weighted by Crippen LogP contribution is 2.28. The maximum Gasteiger partial charge on any atom is 0.305 e. The lowest BCUT2D eigenvalue weighted by Crippen LogP contribution is -2.62. The van der Waals surface area contributed by atoms with E-state index in [2.05, 4.69) is 42.2 Å². The van der Waals surface area contributed by atoms with E-state index in [-0.39, 0.29) is 10.6 Å². The van der Waals surface area contributed by atoms with Gasteiger partial charge in [0.1, 0.15) is 41.3 Å². The highest BCUT2D eigenvalue weighted by molar-refractivity contribution is 7.85. The first kappa shape index (κ1) is 48.1. The summed E-state index contributed by atoms with van der Waals surface area (Å²) >= 11 is 0. The Hall–Kier alpha value is -5.98. The van der Waals surface area contributed by atoms with Gasteiger partial charge in [-0.2, -0.15) is 0 Å². The van der Waals surface area contributed by atoms with E-state index in [1.165, 1.54) is 6.92 Å². The van der Waals surface area contributed by atoms with Crippen molar-refractivity contribution in [3.63, 3.8) is 0 Å². The second-order valence-electron chi connectivity index (χ2n) is 15.9. The van der Waals surface area contributed by atoms with Crippen molar-refractivity contribution in [3.05, 3.63) is 29.8 Å². The summed E-state index contributed by atoms with van der Waals surface area (Å²) in [6, 6.07) is -3.47. The molecule has 1 fully saturated rings. The van der Waals surface area contributed by atoms with Crippen molar-refractivity contribution in [2.75, 3.05) is 32.0 Å². The smallest absolute Gasteiger partial charge is 0.305 e. The monoisotopic (exact) mass is 903 g/mol. The molecule has 2 aromatic rings. The standard InChI is InChI=1S/C39H53N9O14S/c1-4-17(2)31-36(59)41-12-28(52)42-25-16-63(62)38-21(20-7-5-6-8-22(20)45-38)10-23(33(56)40-13-29(53)46-31)43-37(60)32(18(3)27(51)15-49)47-35(58)26-9-19(50)14-48(26)39(61)24(11-30(54)55)44-34(25)57/h5-8,17-19,23-27,31-32,45,49-51H,4,9-16H2,1-3H3,(H,40,56)(H,41,59)(H,42,52)(H,43,60)(H,44,57)(H,46,53)(H,47,58)(H,54,55)/t17-,18-,19+,23-,24-,25+,26-,27-,31-,32-,63+/m0/s1. The van der Waals surface area contributed by atoms with Gasteiger partial charge < -0.3 is 67.5 Å². The van der Waals surface area contributed by atoms with Gasteiger partial charge in [0.15, 0.2) is 0 Å². The molecule has 1 aromatic carbocycles. The molecule has 12 N–H and O–H groups in total. The molecule has 0 aliphatic carbocycles. The molecule has 0 saturated carbocycles. The van der Waals surface area contributed by atoms with E-state index in [0.29, 0.717) is 17.3 Å². The zero-order chi connectivity index (χ0) is 46.3. The largest absolute Gasteiger partial charge is 0.481 e. The third-order valence-electron chi connectivity index (χ3n) is 11.4. The SMILES string of the molecule is CC[C@H](C)[C@@H]1NC(=O)CNC(=O)[C@@H]2Cc3c([nH]c4ccccc34)[S@](=O)C[C@@H](NC(=O)CNC1=O)C(=O)N[C@@H](CC(=O)O)C(=O)N1C[C@H](O)C[C@H]1C(=O)N[C@@H]([C@@H](C)[C@@H](O)CO)C(=O)N2. The number of hydrogen-bond acceptors (Lipinski definition) is 13. The molecule has 0 unspecified atom stereocenters. The van der Waals surface area contributed by atoms with Gasteiger partial charge in [-0.25, -0.2) is 0 Å². The Kier molecular flexibility index (Phi) is 16.0. The Labute approximate surface area is 362 Å². The molecule has 23 nitrogen and oxygen atoms in total. The number of para-hydroxylation sites is 1. The number of aromatic amines is 1. The van der Waals surface area contributed by atoms with E-state index in [1.54, 1.807) is 38.1 Å². The Morgan fingerprint density at radius 3 is 2.17 bits per heavy atom. The average Bonchev–Trinajstić information content (AvgIpc) is 3.83. The van der Waals surface area contributed by atoms with Gasteiger partial charge in [-0.3, -0.25) is 47.4 Å². The predicted molar refractivity (Wildman–Crippen MR) is 219 cm³/mol. The number of carboxylic acid groups (broad SMARTS) is 1. The zero-order valence-electron chi connectivity index (χ0n) is 34.7. The van der Waals surface area contributed by atoms with Crippen molar-refractivity contribution in [2.24, 2.45) is 11.8 Å². The second-order valence-corrected chi connectivity index (χ2v) is 17.3. The number of carboxylic acids is 1. The van der Waals surface area contributed by atoms with Gasteiger partial charge in [0, 0.05) is 36.2 Å². The molecule has 5 rings (SSSR count). The molecule has 63 heavy (non-hydrogen) atoms. The zero-order valence-corrected chi connectivity index (χ0v) is 35.5. The quantitative estimate of drug-likeness (QED) is 0.124. The predicted octanol–water partition coefficient (Wildman–Crippen LogP) is -5.03. The van der Waals surface area contributed by atoms with Crippen LogP contribution in [-0.2, 0) is 60.4 Å². The summed E-state index contributed by atoms with van der Waals surface area (Å²) in [6.45, 7) is 1.79. The van der Waals surface area contributed by atoms with E-state index < -0.39 is 176 Å². The van der Waals surface area contributed by atoms with Crippen LogP contribution in [0.2, 0.25) is 0 Å². The normalized spacial score (nSPS) is 28.8. The van der Waals surface area contributed by atoms with Crippen molar-refractivity contribution in [1.29, 1.82) is 0 Å². The molecule has 344 valence electrons. The van der Waals surface area contributed by atoms with E-state index in [4.69, 9.17) is 0 Å². The van der Waals surface area contributed by atoms with Crippen LogP contribution in [0.4, 0.5) is 0 Å². The molecular formula is C39H53N9O14S. The number of hydrogen-bond donors (Lipinski definition) is 12. The minimum Gasteiger partial charge on any atom is -0.481 e. The molecular weight excluding hydrogens is 851 g/mol. The number of amides is 8. The summed E-state index contributed by atoms with van der Waals surface area (Å²) in [5.74, 6) is -12.2. The maximum absolute atomic E-state index is 14.5. The van der Waals surface area contributed by atoms with Gasteiger partial charge in [-0.05, 0) is 17.5 Å². The van der Waals surface area contributed by atoms with Gasteiger partial charge in [0.25, 0.3) is 0 Å². The Morgan fingerprint density at radius 1 is 0.841 bits per heavy atom. The van der Waals surface area contributed by atoms with E-state index >= 15 is 0 Å². The number of carbonyl (C=O) groups excluding carboxylic acids is 8. The van der Waals surface area contributed by atoms with Gasteiger partial charge in [-0.1, -0.05) is 45.4 Å². The minimum atomic E-state index is -2.32.